The van der Waals surface area contributed by atoms with Crippen molar-refractivity contribution in [1.29, 1.82) is 0 Å². The lowest BCUT2D eigenvalue weighted by Gasteiger charge is -2.26. The van der Waals surface area contributed by atoms with Gasteiger partial charge in [-0.25, -0.2) is 0 Å². The molecule has 0 aromatic carbocycles. The Morgan fingerprint density at radius 3 is 1.69 bits per heavy atom. The maximum Gasteiger partial charge on any atom is 0.679 e. The monoisotopic (exact) mass is 252 g/mol. The van der Waals surface area contributed by atoms with Crippen molar-refractivity contribution in [3.05, 3.63) is 0 Å². The summed E-state index contributed by atoms with van der Waals surface area (Å²) in [6, 6.07) is 0. The molecule has 0 saturated heterocycles. The fourth-order valence-electron chi connectivity index (χ4n) is 1.19. The third-order valence-corrected chi connectivity index (χ3v) is 4.28. The maximum atomic E-state index is 8.67. The quantitative estimate of drug-likeness (QED) is 0.444. The maximum absolute atomic E-state index is 8.67. The number of unbranched alkanes of at least 4 members (excludes halogenated alkanes) is 1. The van der Waals surface area contributed by atoms with Gasteiger partial charge in [-0.15, -0.1) is 0 Å². The molecule has 0 saturated carbocycles. The second-order valence-electron chi connectivity index (χ2n) is 3.08. The van der Waals surface area contributed by atoms with Gasteiger partial charge in [-0.2, -0.15) is 0 Å². The molecule has 0 amide bonds. The minimum absolute atomic E-state index is 0.176. The molecule has 0 aliphatic heterocycles. The molecule has 0 aliphatic rings. The minimum Gasteiger partial charge on any atom is -0.396 e. The Morgan fingerprint density at radius 1 is 0.812 bits per heavy atom. The van der Waals surface area contributed by atoms with E-state index in [1.165, 1.54) is 0 Å². The van der Waals surface area contributed by atoms with Crippen LogP contribution >= 0.6 is 0 Å². The van der Waals surface area contributed by atoms with Crippen molar-refractivity contribution >= 4 is 9.05 Å². The number of aliphatic hydroxyl groups excluding tert-OH is 1. The SMILES string of the molecule is CCO[Si](OCC)(OCC)OCCCCO. The highest BCUT2D eigenvalue weighted by molar-refractivity contribution is 6.53. The van der Waals surface area contributed by atoms with Gasteiger partial charge in [-0.1, -0.05) is 0 Å². The number of rotatable bonds is 11. The first-order chi connectivity index (χ1) is 7.74. The Kier molecular flexibility index (Phi) is 10.2. The van der Waals surface area contributed by atoms with Crippen LogP contribution in [0.5, 0.6) is 0 Å². The van der Waals surface area contributed by atoms with Gasteiger partial charge in [0.25, 0.3) is 0 Å². The van der Waals surface area contributed by atoms with Gasteiger partial charge in [-0.3, -0.25) is 0 Å². The van der Waals surface area contributed by atoms with Crippen molar-refractivity contribution in [3.63, 3.8) is 0 Å². The van der Waals surface area contributed by atoms with Crippen molar-refractivity contribution in [3.8, 4) is 0 Å². The van der Waals surface area contributed by atoms with Crippen LogP contribution < -0.4 is 0 Å². The first-order valence-electron chi connectivity index (χ1n) is 5.91. The zero-order valence-electron chi connectivity index (χ0n) is 10.5. The molecule has 0 unspecified atom stereocenters. The van der Waals surface area contributed by atoms with Crippen LogP contribution in [0.3, 0.4) is 0 Å². The lowest BCUT2D eigenvalue weighted by molar-refractivity contribution is -0.0284. The topological polar surface area (TPSA) is 57.2 Å². The summed E-state index contributed by atoms with van der Waals surface area (Å²) in [5.41, 5.74) is 0. The summed E-state index contributed by atoms with van der Waals surface area (Å²) in [5.74, 6) is 0. The van der Waals surface area contributed by atoms with E-state index in [4.69, 9.17) is 22.8 Å². The van der Waals surface area contributed by atoms with E-state index in [0.717, 1.165) is 12.8 Å². The summed E-state index contributed by atoms with van der Waals surface area (Å²) < 4.78 is 22.1. The number of aliphatic hydroxyl groups is 1. The van der Waals surface area contributed by atoms with E-state index < -0.39 is 9.05 Å². The highest BCUT2D eigenvalue weighted by Crippen LogP contribution is 2.12. The van der Waals surface area contributed by atoms with Gasteiger partial charge in [-0.05, 0) is 33.6 Å². The normalized spacial score (nSPS) is 12.0. The first-order valence-corrected chi connectivity index (χ1v) is 7.54. The smallest absolute Gasteiger partial charge is 0.396 e. The zero-order chi connectivity index (χ0) is 12.3. The van der Waals surface area contributed by atoms with Crippen LogP contribution in [0.2, 0.25) is 0 Å². The summed E-state index contributed by atoms with van der Waals surface area (Å²) >= 11 is 0. The number of hydrogen-bond acceptors (Lipinski definition) is 5. The Morgan fingerprint density at radius 2 is 1.31 bits per heavy atom. The Labute approximate surface area is 99.1 Å². The molecule has 1 N–H and O–H groups in total. The van der Waals surface area contributed by atoms with E-state index in [9.17, 15) is 0 Å². The average Bonchev–Trinajstić information content (AvgIpc) is 2.26. The zero-order valence-corrected chi connectivity index (χ0v) is 11.5. The van der Waals surface area contributed by atoms with Gasteiger partial charge >= 0.3 is 9.05 Å². The van der Waals surface area contributed by atoms with Crippen molar-refractivity contribution in [1.82, 2.24) is 0 Å². The molecule has 0 aromatic heterocycles. The van der Waals surface area contributed by atoms with Crippen LogP contribution in [0.1, 0.15) is 33.6 Å². The molecule has 0 heterocycles. The van der Waals surface area contributed by atoms with E-state index in [1.807, 2.05) is 20.8 Å². The molecule has 0 spiro atoms. The van der Waals surface area contributed by atoms with Gasteiger partial charge in [0, 0.05) is 33.0 Å². The summed E-state index contributed by atoms with van der Waals surface area (Å²) in [7, 11) is -2.93. The van der Waals surface area contributed by atoms with Gasteiger partial charge in [0.05, 0.1) is 0 Å². The van der Waals surface area contributed by atoms with E-state index >= 15 is 0 Å². The molecular formula is C10H24O5Si. The van der Waals surface area contributed by atoms with Crippen LogP contribution in [0.15, 0.2) is 0 Å². The molecular weight excluding hydrogens is 228 g/mol. The van der Waals surface area contributed by atoms with Crippen LogP contribution in [0, 0.1) is 0 Å². The van der Waals surface area contributed by atoms with Crippen LogP contribution in [-0.4, -0.2) is 47.2 Å². The van der Waals surface area contributed by atoms with Crippen molar-refractivity contribution < 1.29 is 22.8 Å². The van der Waals surface area contributed by atoms with E-state index in [2.05, 4.69) is 0 Å². The Hall–Kier alpha value is 0.0169. The van der Waals surface area contributed by atoms with Crippen LogP contribution in [-0.2, 0) is 17.7 Å². The molecule has 0 bridgehead atoms. The van der Waals surface area contributed by atoms with Crippen molar-refractivity contribution in [2.45, 2.75) is 33.6 Å². The summed E-state index contributed by atoms with van der Waals surface area (Å²) in [5, 5.41) is 8.67. The van der Waals surface area contributed by atoms with Gasteiger partial charge in [0.2, 0.25) is 0 Å². The summed E-state index contributed by atoms with van der Waals surface area (Å²) in [6.45, 7) is 7.85. The third-order valence-electron chi connectivity index (χ3n) is 1.79. The first kappa shape index (κ1) is 16.0. The highest BCUT2D eigenvalue weighted by Gasteiger charge is 2.44. The third kappa shape index (κ3) is 6.57. The van der Waals surface area contributed by atoms with E-state index in [-0.39, 0.29) is 6.61 Å². The molecule has 5 nitrogen and oxygen atoms in total. The lowest BCUT2D eigenvalue weighted by Crippen LogP contribution is -2.49. The Balaban J connectivity index is 4.12. The Bertz CT molecular complexity index is 139. The molecule has 0 aromatic rings. The van der Waals surface area contributed by atoms with E-state index in [0.29, 0.717) is 26.4 Å². The molecule has 0 aliphatic carbocycles. The molecule has 16 heavy (non-hydrogen) atoms. The molecule has 0 radical (unpaired) electrons. The second kappa shape index (κ2) is 10.2. The predicted octanol–water partition coefficient (Wildman–Crippen LogP) is 1.32. The van der Waals surface area contributed by atoms with Gasteiger partial charge in [0.1, 0.15) is 0 Å². The predicted molar refractivity (Wildman–Crippen MR) is 62.9 cm³/mol. The van der Waals surface area contributed by atoms with Crippen LogP contribution in [0.25, 0.3) is 0 Å². The number of hydrogen-bond donors (Lipinski definition) is 1. The fourth-order valence-corrected chi connectivity index (χ4v) is 3.15. The fraction of sp³-hybridized carbons (Fsp3) is 1.00. The largest absolute Gasteiger partial charge is 0.679 e. The second-order valence-corrected chi connectivity index (χ2v) is 5.23. The average molecular weight is 252 g/mol. The molecule has 0 fully saturated rings. The van der Waals surface area contributed by atoms with E-state index in [1.54, 1.807) is 0 Å². The van der Waals surface area contributed by atoms with Gasteiger partial charge < -0.3 is 22.8 Å². The standard InChI is InChI=1S/C10H24O5Si/c1-4-12-16(13-5-2,14-6-3)15-10-8-7-9-11/h11H,4-10H2,1-3H3. The van der Waals surface area contributed by atoms with Crippen LogP contribution in [0.4, 0.5) is 0 Å². The lowest BCUT2D eigenvalue weighted by atomic mass is 10.3. The van der Waals surface area contributed by atoms with Gasteiger partial charge in [0.15, 0.2) is 0 Å². The molecule has 98 valence electrons. The molecule has 0 rings (SSSR count). The summed E-state index contributed by atoms with van der Waals surface area (Å²) in [6.07, 6.45) is 1.49. The minimum atomic E-state index is -2.93. The highest BCUT2D eigenvalue weighted by atomic mass is 28.4. The van der Waals surface area contributed by atoms with Crippen molar-refractivity contribution in [2.24, 2.45) is 0 Å². The van der Waals surface area contributed by atoms with Crippen molar-refractivity contribution in [2.75, 3.05) is 33.0 Å². The molecule has 0 atom stereocenters. The molecule has 6 heteroatoms. The summed E-state index contributed by atoms with van der Waals surface area (Å²) in [4.78, 5) is 0.